The van der Waals surface area contributed by atoms with Crippen molar-refractivity contribution >= 4 is 10.9 Å². The van der Waals surface area contributed by atoms with Gasteiger partial charge in [-0.1, -0.05) is 25.1 Å². The van der Waals surface area contributed by atoms with Gasteiger partial charge in [0.2, 0.25) is 0 Å². The number of aliphatic hydroxyl groups is 1. The third kappa shape index (κ3) is 2.68. The van der Waals surface area contributed by atoms with Crippen molar-refractivity contribution in [3.05, 3.63) is 42.1 Å². The zero-order valence-electron chi connectivity index (χ0n) is 10.9. The Morgan fingerprint density at radius 1 is 1.28 bits per heavy atom. The Balaban J connectivity index is 2.36. The summed E-state index contributed by atoms with van der Waals surface area (Å²) in [6.07, 6.45) is 3.04. The maximum atomic E-state index is 10.5. The van der Waals surface area contributed by atoms with Crippen LogP contribution in [-0.4, -0.2) is 29.4 Å². The standard InChI is InChI=1S/C15H19NO2/c1-3-15(17,11-18-2)10-12-8-9-16-14-7-5-4-6-13(12)14/h4-9,17H,3,10-11H2,1-2H3. The number of pyridine rings is 1. The Morgan fingerprint density at radius 3 is 2.78 bits per heavy atom. The molecule has 0 aliphatic carbocycles. The van der Waals surface area contributed by atoms with Gasteiger partial charge in [-0.2, -0.15) is 0 Å². The minimum absolute atomic E-state index is 0.347. The summed E-state index contributed by atoms with van der Waals surface area (Å²) in [5, 5.41) is 11.6. The van der Waals surface area contributed by atoms with Crippen LogP contribution in [-0.2, 0) is 11.2 Å². The molecule has 3 nitrogen and oxygen atoms in total. The van der Waals surface area contributed by atoms with Crippen molar-refractivity contribution in [3.63, 3.8) is 0 Å². The van der Waals surface area contributed by atoms with Crippen molar-refractivity contribution in [1.82, 2.24) is 4.98 Å². The fraction of sp³-hybridized carbons (Fsp3) is 0.400. The second-order valence-electron chi connectivity index (χ2n) is 4.67. The van der Waals surface area contributed by atoms with Gasteiger partial charge in [0.1, 0.15) is 0 Å². The summed E-state index contributed by atoms with van der Waals surface area (Å²) >= 11 is 0. The van der Waals surface area contributed by atoms with Crippen LogP contribution in [0.1, 0.15) is 18.9 Å². The summed E-state index contributed by atoms with van der Waals surface area (Å²) in [7, 11) is 1.62. The van der Waals surface area contributed by atoms with Crippen LogP contribution < -0.4 is 0 Å². The summed E-state index contributed by atoms with van der Waals surface area (Å²) in [6, 6.07) is 9.97. The number of hydrogen-bond donors (Lipinski definition) is 1. The zero-order valence-corrected chi connectivity index (χ0v) is 10.9. The lowest BCUT2D eigenvalue weighted by Gasteiger charge is -2.26. The molecule has 0 aliphatic rings. The van der Waals surface area contributed by atoms with E-state index in [9.17, 15) is 5.11 Å². The fourth-order valence-electron chi connectivity index (χ4n) is 2.21. The van der Waals surface area contributed by atoms with Crippen LogP contribution in [0.5, 0.6) is 0 Å². The van der Waals surface area contributed by atoms with Gasteiger partial charge in [0.15, 0.2) is 0 Å². The van der Waals surface area contributed by atoms with E-state index in [-0.39, 0.29) is 0 Å². The third-order valence-electron chi connectivity index (χ3n) is 3.33. The highest BCUT2D eigenvalue weighted by Crippen LogP contribution is 2.23. The number of benzene rings is 1. The van der Waals surface area contributed by atoms with Crippen LogP contribution in [0.3, 0.4) is 0 Å². The van der Waals surface area contributed by atoms with Crippen molar-refractivity contribution in [2.24, 2.45) is 0 Å². The van der Waals surface area contributed by atoms with Crippen LogP contribution in [0.25, 0.3) is 10.9 Å². The topological polar surface area (TPSA) is 42.4 Å². The predicted octanol–water partition coefficient (Wildman–Crippen LogP) is 2.56. The largest absolute Gasteiger partial charge is 0.387 e. The molecule has 0 radical (unpaired) electrons. The van der Waals surface area contributed by atoms with Crippen molar-refractivity contribution in [1.29, 1.82) is 0 Å². The van der Waals surface area contributed by atoms with Gasteiger partial charge in [-0.3, -0.25) is 4.98 Å². The molecule has 96 valence electrons. The van der Waals surface area contributed by atoms with Crippen LogP contribution in [0.2, 0.25) is 0 Å². The average molecular weight is 245 g/mol. The lowest BCUT2D eigenvalue weighted by molar-refractivity contribution is -0.0331. The highest BCUT2D eigenvalue weighted by Gasteiger charge is 2.25. The van der Waals surface area contributed by atoms with E-state index in [0.717, 1.165) is 16.5 Å². The smallest absolute Gasteiger partial charge is 0.0917 e. The Hall–Kier alpha value is -1.45. The first-order chi connectivity index (χ1) is 8.68. The Labute approximate surface area is 107 Å². The van der Waals surface area contributed by atoms with Gasteiger partial charge < -0.3 is 9.84 Å². The van der Waals surface area contributed by atoms with Crippen molar-refractivity contribution in [2.45, 2.75) is 25.4 Å². The first-order valence-corrected chi connectivity index (χ1v) is 6.22. The normalized spacial score (nSPS) is 14.6. The summed E-state index contributed by atoms with van der Waals surface area (Å²) in [4.78, 5) is 4.33. The number of nitrogens with zero attached hydrogens (tertiary/aromatic N) is 1. The van der Waals surface area contributed by atoms with E-state index >= 15 is 0 Å². The average Bonchev–Trinajstić information content (AvgIpc) is 2.39. The minimum atomic E-state index is -0.807. The van der Waals surface area contributed by atoms with Gasteiger partial charge in [0.25, 0.3) is 0 Å². The molecule has 0 saturated carbocycles. The number of fused-ring (bicyclic) bond motifs is 1. The Kier molecular flexibility index (Phi) is 3.94. The molecule has 0 fully saturated rings. The lowest BCUT2D eigenvalue weighted by Crippen LogP contribution is -2.35. The summed E-state index contributed by atoms with van der Waals surface area (Å²) in [5.74, 6) is 0. The van der Waals surface area contributed by atoms with E-state index in [4.69, 9.17) is 4.74 Å². The molecule has 0 spiro atoms. The molecule has 18 heavy (non-hydrogen) atoms. The molecule has 1 aromatic carbocycles. The number of hydrogen-bond acceptors (Lipinski definition) is 3. The first-order valence-electron chi connectivity index (χ1n) is 6.22. The molecule has 0 saturated heterocycles. The molecule has 0 amide bonds. The molecule has 1 atom stereocenters. The van der Waals surface area contributed by atoms with Gasteiger partial charge in [0, 0.05) is 25.1 Å². The molecule has 1 N–H and O–H groups in total. The molecular weight excluding hydrogens is 226 g/mol. The number of rotatable bonds is 5. The molecule has 2 rings (SSSR count). The maximum absolute atomic E-state index is 10.5. The minimum Gasteiger partial charge on any atom is -0.387 e. The highest BCUT2D eigenvalue weighted by atomic mass is 16.5. The lowest BCUT2D eigenvalue weighted by atomic mass is 9.91. The summed E-state index contributed by atoms with van der Waals surface area (Å²) in [5.41, 5.74) is 1.27. The van der Waals surface area contributed by atoms with Gasteiger partial charge in [0.05, 0.1) is 17.7 Å². The van der Waals surface area contributed by atoms with Crippen LogP contribution >= 0.6 is 0 Å². The van der Waals surface area contributed by atoms with Crippen molar-refractivity contribution in [2.75, 3.05) is 13.7 Å². The highest BCUT2D eigenvalue weighted by molar-refractivity contribution is 5.81. The SMILES string of the molecule is CCC(O)(COC)Cc1ccnc2ccccc12. The molecule has 1 unspecified atom stereocenters. The molecule has 3 heteroatoms. The quantitative estimate of drug-likeness (QED) is 0.880. The second kappa shape index (κ2) is 5.46. The van der Waals surface area contributed by atoms with E-state index in [1.165, 1.54) is 0 Å². The van der Waals surface area contributed by atoms with E-state index in [1.54, 1.807) is 13.3 Å². The maximum Gasteiger partial charge on any atom is 0.0917 e. The van der Waals surface area contributed by atoms with Gasteiger partial charge >= 0.3 is 0 Å². The van der Waals surface area contributed by atoms with Gasteiger partial charge in [-0.05, 0) is 24.1 Å². The molecule has 2 aromatic rings. The number of para-hydroxylation sites is 1. The first kappa shape index (κ1) is 13.0. The van der Waals surface area contributed by atoms with Crippen molar-refractivity contribution < 1.29 is 9.84 Å². The number of aromatic nitrogens is 1. The molecule has 0 aliphatic heterocycles. The van der Waals surface area contributed by atoms with E-state index < -0.39 is 5.60 Å². The van der Waals surface area contributed by atoms with Crippen LogP contribution in [0.15, 0.2) is 36.5 Å². The predicted molar refractivity (Wildman–Crippen MR) is 72.6 cm³/mol. The molecule has 1 aromatic heterocycles. The van der Waals surface area contributed by atoms with E-state index in [2.05, 4.69) is 4.98 Å². The monoisotopic (exact) mass is 245 g/mol. The molecular formula is C15H19NO2. The second-order valence-corrected chi connectivity index (χ2v) is 4.67. The van der Waals surface area contributed by atoms with Crippen LogP contribution in [0.4, 0.5) is 0 Å². The summed E-state index contributed by atoms with van der Waals surface area (Å²) in [6.45, 7) is 2.32. The summed E-state index contributed by atoms with van der Waals surface area (Å²) < 4.78 is 5.12. The molecule has 1 heterocycles. The van der Waals surface area contributed by atoms with E-state index in [0.29, 0.717) is 19.4 Å². The van der Waals surface area contributed by atoms with E-state index in [1.807, 2.05) is 37.3 Å². The molecule has 0 bridgehead atoms. The Bertz CT molecular complexity index is 521. The fourth-order valence-corrected chi connectivity index (χ4v) is 2.21. The number of methoxy groups -OCH3 is 1. The van der Waals surface area contributed by atoms with Crippen LogP contribution in [0, 0.1) is 0 Å². The Morgan fingerprint density at radius 2 is 2.06 bits per heavy atom. The van der Waals surface area contributed by atoms with Gasteiger partial charge in [-0.15, -0.1) is 0 Å². The van der Waals surface area contributed by atoms with Gasteiger partial charge in [-0.25, -0.2) is 0 Å². The third-order valence-corrected chi connectivity index (χ3v) is 3.33. The zero-order chi connectivity index (χ0) is 13.0. The van der Waals surface area contributed by atoms with Crippen molar-refractivity contribution in [3.8, 4) is 0 Å². The number of ether oxygens (including phenoxy) is 1.